The van der Waals surface area contributed by atoms with E-state index in [2.05, 4.69) is 4.99 Å². The van der Waals surface area contributed by atoms with E-state index in [9.17, 15) is 15.3 Å². The van der Waals surface area contributed by atoms with Gasteiger partial charge in [0.15, 0.2) is 0 Å². The highest BCUT2D eigenvalue weighted by Gasteiger charge is 2.42. The molecule has 2 fully saturated rings. The molecule has 0 aromatic carbocycles. The highest BCUT2D eigenvalue weighted by Crippen LogP contribution is 2.30. The number of hydrogen-bond donors (Lipinski definition) is 3. The van der Waals surface area contributed by atoms with E-state index in [0.29, 0.717) is 12.4 Å². The van der Waals surface area contributed by atoms with Crippen LogP contribution >= 0.6 is 0 Å². The molecule has 5 nitrogen and oxygen atoms in total. The number of nitrogens with zero attached hydrogens (tertiary/aromatic N) is 2. The topological polar surface area (TPSA) is 76.3 Å². The first-order valence-corrected chi connectivity index (χ1v) is 8.02. The van der Waals surface area contributed by atoms with Gasteiger partial charge in [-0.1, -0.05) is 32.1 Å². The van der Waals surface area contributed by atoms with Gasteiger partial charge in [0.05, 0.1) is 6.04 Å². The van der Waals surface area contributed by atoms with E-state index in [0.717, 1.165) is 18.9 Å². The quantitative estimate of drug-likeness (QED) is 0.705. The van der Waals surface area contributed by atoms with E-state index < -0.39 is 18.3 Å². The van der Waals surface area contributed by atoms with Gasteiger partial charge in [-0.25, -0.2) is 0 Å². The second kappa shape index (κ2) is 6.00. The van der Waals surface area contributed by atoms with Crippen molar-refractivity contribution in [3.63, 3.8) is 0 Å². The van der Waals surface area contributed by atoms with Gasteiger partial charge in [-0.15, -0.1) is 0 Å². The fourth-order valence-electron chi connectivity index (χ4n) is 3.85. The average Bonchev–Trinajstić information content (AvgIpc) is 2.87. The number of amidine groups is 1. The Morgan fingerprint density at radius 3 is 2.50 bits per heavy atom. The molecule has 1 aliphatic carbocycles. The van der Waals surface area contributed by atoms with Gasteiger partial charge in [-0.05, 0) is 18.8 Å². The van der Waals surface area contributed by atoms with Gasteiger partial charge in [-0.3, -0.25) is 4.99 Å². The number of piperidine rings is 1. The highest BCUT2D eigenvalue weighted by molar-refractivity contribution is 5.89. The lowest BCUT2D eigenvalue weighted by molar-refractivity contribution is -0.0595. The standard InChI is InChI=1S/C15H26N2O3/c18-12-9-17-8-11(16-15(17)14(20)13(12)19)7-6-10-4-2-1-3-5-10/h10-14,18-20H,1-9H2/t11?,12-,13-,14+/m0/s1. The summed E-state index contributed by atoms with van der Waals surface area (Å²) in [6.45, 7) is 1.17. The largest absolute Gasteiger partial charge is 0.388 e. The summed E-state index contributed by atoms with van der Waals surface area (Å²) < 4.78 is 0. The molecular formula is C15H26N2O3. The minimum atomic E-state index is -1.10. The predicted molar refractivity (Wildman–Crippen MR) is 76.6 cm³/mol. The van der Waals surface area contributed by atoms with Crippen molar-refractivity contribution in [2.24, 2.45) is 10.9 Å². The third-order valence-electron chi connectivity index (χ3n) is 5.09. The van der Waals surface area contributed by atoms with Crippen LogP contribution in [0.3, 0.4) is 0 Å². The summed E-state index contributed by atoms with van der Waals surface area (Å²) in [7, 11) is 0. The van der Waals surface area contributed by atoms with Crippen LogP contribution < -0.4 is 0 Å². The SMILES string of the molecule is O[C@H]1[C@@H](O)CN2CC(CCC3CCCCC3)N=C2[C@@H]1O. The van der Waals surface area contributed by atoms with Gasteiger partial charge in [0.1, 0.15) is 24.1 Å². The number of aliphatic imine (C=N–C) groups is 1. The molecule has 5 heteroatoms. The zero-order chi connectivity index (χ0) is 14.1. The Morgan fingerprint density at radius 1 is 1.00 bits per heavy atom. The molecule has 0 aromatic rings. The van der Waals surface area contributed by atoms with E-state index in [4.69, 9.17) is 0 Å². The van der Waals surface area contributed by atoms with Crippen molar-refractivity contribution in [1.82, 2.24) is 4.90 Å². The molecule has 20 heavy (non-hydrogen) atoms. The van der Waals surface area contributed by atoms with Gasteiger partial charge < -0.3 is 20.2 Å². The van der Waals surface area contributed by atoms with Gasteiger partial charge in [0.25, 0.3) is 0 Å². The second-order valence-corrected chi connectivity index (χ2v) is 6.63. The van der Waals surface area contributed by atoms with E-state index in [1.54, 1.807) is 0 Å². The van der Waals surface area contributed by atoms with E-state index in [-0.39, 0.29) is 6.04 Å². The van der Waals surface area contributed by atoms with Crippen LogP contribution in [-0.4, -0.2) is 63.5 Å². The first kappa shape index (κ1) is 14.3. The minimum Gasteiger partial charge on any atom is -0.388 e. The van der Waals surface area contributed by atoms with Crippen LogP contribution in [0, 0.1) is 5.92 Å². The molecule has 0 amide bonds. The Labute approximate surface area is 120 Å². The summed E-state index contributed by atoms with van der Waals surface area (Å²) in [5.41, 5.74) is 0. The number of rotatable bonds is 3. The Kier molecular flexibility index (Phi) is 4.29. The third kappa shape index (κ3) is 2.85. The van der Waals surface area contributed by atoms with Crippen LogP contribution in [0.25, 0.3) is 0 Å². The fraction of sp³-hybridized carbons (Fsp3) is 0.933. The lowest BCUT2D eigenvalue weighted by Gasteiger charge is -2.36. The van der Waals surface area contributed by atoms with Crippen LogP contribution in [-0.2, 0) is 0 Å². The van der Waals surface area contributed by atoms with Crippen LogP contribution in [0.2, 0.25) is 0 Å². The van der Waals surface area contributed by atoms with E-state index in [1.807, 2.05) is 4.90 Å². The molecular weight excluding hydrogens is 256 g/mol. The van der Waals surface area contributed by atoms with Crippen molar-refractivity contribution in [3.8, 4) is 0 Å². The molecule has 1 saturated carbocycles. The van der Waals surface area contributed by atoms with Crippen LogP contribution in [0.15, 0.2) is 4.99 Å². The first-order valence-electron chi connectivity index (χ1n) is 8.02. The summed E-state index contributed by atoms with van der Waals surface area (Å²) in [6.07, 6.45) is 6.11. The lowest BCUT2D eigenvalue weighted by Crippen LogP contribution is -2.57. The minimum absolute atomic E-state index is 0.221. The zero-order valence-corrected chi connectivity index (χ0v) is 12.0. The first-order chi connectivity index (χ1) is 9.65. The van der Waals surface area contributed by atoms with Gasteiger partial charge >= 0.3 is 0 Å². The van der Waals surface area contributed by atoms with Crippen molar-refractivity contribution in [1.29, 1.82) is 0 Å². The molecule has 0 spiro atoms. The van der Waals surface area contributed by atoms with Crippen molar-refractivity contribution >= 4 is 5.84 Å². The Hall–Kier alpha value is -0.650. The predicted octanol–water partition coefficient (Wildman–Crippen LogP) is 0.526. The molecule has 3 aliphatic rings. The summed E-state index contributed by atoms with van der Waals surface area (Å²) in [6, 6.07) is 0.221. The molecule has 2 aliphatic heterocycles. The van der Waals surface area contributed by atoms with Gasteiger partial charge in [0, 0.05) is 13.1 Å². The van der Waals surface area contributed by atoms with E-state index in [1.165, 1.54) is 38.5 Å². The molecule has 0 bridgehead atoms. The molecule has 114 valence electrons. The summed E-state index contributed by atoms with van der Waals surface area (Å²) in [4.78, 5) is 6.52. The number of hydrogen-bond acceptors (Lipinski definition) is 5. The monoisotopic (exact) mass is 282 g/mol. The molecule has 3 N–H and O–H groups in total. The number of aliphatic hydroxyl groups excluding tert-OH is 3. The molecule has 4 atom stereocenters. The Bertz CT molecular complexity index is 368. The maximum absolute atomic E-state index is 9.97. The van der Waals surface area contributed by atoms with Gasteiger partial charge in [-0.2, -0.15) is 0 Å². The van der Waals surface area contributed by atoms with Crippen LogP contribution in [0.1, 0.15) is 44.9 Å². The van der Waals surface area contributed by atoms with Crippen LogP contribution in [0.5, 0.6) is 0 Å². The Morgan fingerprint density at radius 2 is 1.75 bits per heavy atom. The fourth-order valence-corrected chi connectivity index (χ4v) is 3.85. The van der Waals surface area contributed by atoms with Gasteiger partial charge in [0.2, 0.25) is 0 Å². The zero-order valence-electron chi connectivity index (χ0n) is 12.0. The van der Waals surface area contributed by atoms with Crippen molar-refractivity contribution in [2.45, 2.75) is 69.3 Å². The van der Waals surface area contributed by atoms with E-state index >= 15 is 0 Å². The van der Waals surface area contributed by atoms with Crippen molar-refractivity contribution < 1.29 is 15.3 Å². The number of aliphatic hydroxyl groups is 3. The maximum Gasteiger partial charge on any atom is 0.139 e. The molecule has 1 saturated heterocycles. The maximum atomic E-state index is 9.97. The van der Waals surface area contributed by atoms with Crippen molar-refractivity contribution in [3.05, 3.63) is 0 Å². The molecule has 0 aromatic heterocycles. The number of fused-ring (bicyclic) bond motifs is 1. The summed E-state index contributed by atoms with van der Waals surface area (Å²) in [5.74, 6) is 1.43. The van der Waals surface area contributed by atoms with Crippen LogP contribution in [0.4, 0.5) is 0 Å². The Balaban J connectivity index is 1.54. The summed E-state index contributed by atoms with van der Waals surface area (Å²) >= 11 is 0. The molecule has 0 radical (unpaired) electrons. The molecule has 2 heterocycles. The second-order valence-electron chi connectivity index (χ2n) is 6.63. The summed E-state index contributed by atoms with van der Waals surface area (Å²) in [5, 5.41) is 29.4. The normalized spacial score (nSPS) is 38.8. The highest BCUT2D eigenvalue weighted by atomic mass is 16.4. The van der Waals surface area contributed by atoms with Crippen molar-refractivity contribution in [2.75, 3.05) is 13.1 Å². The third-order valence-corrected chi connectivity index (χ3v) is 5.09. The average molecular weight is 282 g/mol. The molecule has 3 rings (SSSR count). The molecule has 1 unspecified atom stereocenters. The lowest BCUT2D eigenvalue weighted by atomic mass is 9.85. The smallest absolute Gasteiger partial charge is 0.139 e.